The molecule has 5 aliphatic heterocycles. The number of alkyl halides is 16. The van der Waals surface area contributed by atoms with Gasteiger partial charge in [-0.15, -0.1) is 0 Å². The standard InChI is InChI=1S/C32H38F16N8.Cu/c33-9-1-2(10(34)18(42)17(9)41)26-49-25(1)53-27-3-4(12(36)20(44)19(43)11(3)35)29(50-27)55-31-7-8(16(40)24(48)23(47)15(7)39)32(52-31)56-30-6-5(28(51-30)54-26)13(37)21(45)22(46)14(6)38;/h1-32,49,52-56H;/q-2;+2. The quantitative estimate of drug-likeness (QED) is 0.165. The maximum atomic E-state index is 15.8. The third-order valence-corrected chi connectivity index (χ3v) is 14.1. The van der Waals surface area contributed by atoms with Crippen LogP contribution in [0.15, 0.2) is 0 Å². The van der Waals surface area contributed by atoms with Gasteiger partial charge in [0.05, 0.1) is 24.7 Å². The van der Waals surface area contributed by atoms with Crippen LogP contribution < -0.4 is 31.9 Å². The molecule has 5 saturated heterocycles. The van der Waals surface area contributed by atoms with E-state index in [0.717, 1.165) is 0 Å². The van der Waals surface area contributed by atoms with Crippen LogP contribution in [0.4, 0.5) is 70.2 Å². The molecule has 0 amide bonds. The summed E-state index contributed by atoms with van der Waals surface area (Å²) in [7, 11) is 0. The van der Waals surface area contributed by atoms with Gasteiger partial charge in [-0.2, -0.15) is 0 Å². The van der Waals surface area contributed by atoms with Crippen molar-refractivity contribution in [2.75, 3.05) is 0 Å². The van der Waals surface area contributed by atoms with Gasteiger partial charge in [0.2, 0.25) is 0 Å². The normalized spacial score (nSPS) is 64.8. The summed E-state index contributed by atoms with van der Waals surface area (Å²) in [6.45, 7) is 0. The van der Waals surface area contributed by atoms with Gasteiger partial charge in [0.25, 0.3) is 0 Å². The molecule has 25 heteroatoms. The predicted molar refractivity (Wildman–Crippen MR) is 162 cm³/mol. The summed E-state index contributed by atoms with van der Waals surface area (Å²) in [6, 6.07) is 0. The van der Waals surface area contributed by atoms with E-state index in [0.29, 0.717) is 0 Å². The molecule has 1 radical (unpaired) electrons. The fourth-order valence-corrected chi connectivity index (χ4v) is 11.5. The van der Waals surface area contributed by atoms with E-state index in [1.807, 2.05) is 0 Å². The van der Waals surface area contributed by atoms with E-state index in [1.54, 1.807) is 0 Å². The molecule has 32 atom stereocenters. The topological polar surface area (TPSA) is 100 Å². The van der Waals surface area contributed by atoms with Crippen LogP contribution >= 0.6 is 0 Å². The molecule has 8 nitrogen and oxygen atoms in total. The Morgan fingerprint density at radius 3 is 0.544 bits per heavy atom. The van der Waals surface area contributed by atoms with Gasteiger partial charge in [0.1, 0.15) is 49.4 Å². The minimum Gasteiger partial charge on any atom is -0.631 e. The second-order valence-electron chi connectivity index (χ2n) is 16.7. The van der Waals surface area contributed by atoms with Gasteiger partial charge in [-0.3, -0.25) is 10.6 Å². The molecular formula is C32H38CuF16N8. The number of nitrogens with zero attached hydrogens (tertiary/aromatic N) is 2. The minimum atomic E-state index is -3.09. The first-order chi connectivity index (χ1) is 26.4. The van der Waals surface area contributed by atoms with Crippen LogP contribution in [-0.2, 0) is 17.1 Å². The fourth-order valence-electron chi connectivity index (χ4n) is 11.5. The molecule has 8 bridgehead atoms. The first-order valence-corrected chi connectivity index (χ1v) is 18.7. The van der Waals surface area contributed by atoms with Crippen molar-refractivity contribution >= 4 is 0 Å². The maximum absolute atomic E-state index is 15.8. The van der Waals surface area contributed by atoms with Crippen molar-refractivity contribution in [2.45, 2.75) is 148 Å². The Bertz CT molecular complexity index is 1170. The second kappa shape index (κ2) is 15.2. The number of rotatable bonds is 0. The number of hydrogen-bond donors (Lipinski definition) is 6. The van der Waals surface area contributed by atoms with Gasteiger partial charge in [0, 0.05) is 23.7 Å². The Balaban J connectivity index is 0.00000455. The van der Waals surface area contributed by atoms with E-state index < -0.39 is 195 Å². The van der Waals surface area contributed by atoms with Crippen molar-refractivity contribution in [1.29, 1.82) is 0 Å². The zero-order chi connectivity index (χ0) is 40.1. The van der Waals surface area contributed by atoms with Crippen LogP contribution in [0.2, 0.25) is 0 Å². The molecule has 9 fully saturated rings. The van der Waals surface area contributed by atoms with Crippen LogP contribution in [0.5, 0.6) is 0 Å². The average Bonchev–Trinajstić information content (AvgIpc) is 3.92. The Labute approximate surface area is 325 Å². The second-order valence-corrected chi connectivity index (χ2v) is 16.7. The maximum Gasteiger partial charge on any atom is 2.00 e. The Hall–Kier alpha value is -0.921. The third kappa shape index (κ3) is 6.13. The predicted octanol–water partition coefficient (Wildman–Crippen LogP) is 3.34. The van der Waals surface area contributed by atoms with Gasteiger partial charge in [0.15, 0.2) is 49.4 Å². The van der Waals surface area contributed by atoms with Gasteiger partial charge >= 0.3 is 17.1 Å². The SMILES string of the molecule is FC1C(F)C(F)C2C3[N-]C(NC4NC(NC5[N-]C(NC6NC(N3)C3C(F)C(F)C(F)C(F)C63)C3C(F)C(F)C(F)C(F)C53)C3C(F)C(F)C(F)C(F)C43)C2C1F.[Cu+2]. The van der Waals surface area contributed by atoms with Crippen molar-refractivity contribution in [3.63, 3.8) is 0 Å². The summed E-state index contributed by atoms with van der Waals surface area (Å²) in [6.07, 6.45) is -62.2. The molecule has 5 heterocycles. The summed E-state index contributed by atoms with van der Waals surface area (Å²) in [5.41, 5.74) is 0. The van der Waals surface area contributed by atoms with Crippen molar-refractivity contribution in [1.82, 2.24) is 31.9 Å². The summed E-state index contributed by atoms with van der Waals surface area (Å²) >= 11 is 0. The van der Waals surface area contributed by atoms with Gasteiger partial charge in [-0.25, -0.2) is 70.2 Å². The molecule has 57 heavy (non-hydrogen) atoms. The largest absolute Gasteiger partial charge is 2.00 e. The average molecular weight is 902 g/mol. The van der Waals surface area contributed by atoms with Crippen molar-refractivity contribution in [3.8, 4) is 0 Å². The van der Waals surface area contributed by atoms with E-state index in [4.69, 9.17) is 0 Å². The molecule has 9 aliphatic rings. The van der Waals surface area contributed by atoms with Crippen molar-refractivity contribution in [2.24, 2.45) is 47.3 Å². The third-order valence-electron chi connectivity index (χ3n) is 14.1. The van der Waals surface area contributed by atoms with Crippen molar-refractivity contribution < 1.29 is 87.3 Å². The van der Waals surface area contributed by atoms with Crippen molar-refractivity contribution in [3.05, 3.63) is 10.6 Å². The molecule has 0 spiro atoms. The van der Waals surface area contributed by atoms with E-state index in [2.05, 4.69) is 42.5 Å². The van der Waals surface area contributed by atoms with Crippen LogP contribution in [0.1, 0.15) is 0 Å². The zero-order valence-corrected chi connectivity index (χ0v) is 29.7. The monoisotopic (exact) mass is 901 g/mol. The molecule has 6 N–H and O–H groups in total. The number of halogens is 16. The molecule has 32 unspecified atom stereocenters. The van der Waals surface area contributed by atoms with Crippen LogP contribution in [-0.4, -0.2) is 148 Å². The summed E-state index contributed by atoms with van der Waals surface area (Å²) in [4.78, 5) is 0. The van der Waals surface area contributed by atoms with E-state index in [9.17, 15) is 35.1 Å². The number of hydrogen-bond acceptors (Lipinski definition) is 6. The molecule has 0 aromatic rings. The van der Waals surface area contributed by atoms with E-state index in [-0.39, 0.29) is 17.1 Å². The summed E-state index contributed by atoms with van der Waals surface area (Å²) in [5, 5.41) is 23.8. The van der Waals surface area contributed by atoms with Gasteiger partial charge in [-0.05, 0) is 23.7 Å². The first kappa shape index (κ1) is 42.8. The van der Waals surface area contributed by atoms with E-state index in [1.165, 1.54) is 0 Å². The molecule has 329 valence electrons. The molecular weight excluding hydrogens is 864 g/mol. The van der Waals surface area contributed by atoms with Crippen LogP contribution in [0.25, 0.3) is 10.6 Å². The Kier molecular flexibility index (Phi) is 11.4. The number of nitrogens with one attached hydrogen (secondary N) is 6. The molecule has 0 aromatic carbocycles. The molecule has 4 saturated carbocycles. The molecule has 4 aliphatic carbocycles. The number of fused-ring (bicyclic) bond motifs is 20. The molecule has 0 aromatic heterocycles. The van der Waals surface area contributed by atoms with Crippen LogP contribution in [0.3, 0.4) is 0 Å². The van der Waals surface area contributed by atoms with Gasteiger partial charge in [-0.1, -0.05) is 24.7 Å². The Morgan fingerprint density at radius 1 is 0.211 bits per heavy atom. The van der Waals surface area contributed by atoms with Crippen LogP contribution in [0, 0.1) is 47.3 Å². The fraction of sp³-hybridized carbons (Fsp3) is 1.00. The smallest absolute Gasteiger partial charge is 0.631 e. The summed E-state index contributed by atoms with van der Waals surface area (Å²) in [5.74, 6) is -15.8. The summed E-state index contributed by atoms with van der Waals surface area (Å²) < 4.78 is 246. The molecule has 9 rings (SSSR count). The van der Waals surface area contributed by atoms with E-state index >= 15 is 35.1 Å². The Morgan fingerprint density at radius 2 is 0.368 bits per heavy atom. The first-order valence-electron chi connectivity index (χ1n) is 18.7. The minimum absolute atomic E-state index is 0. The zero-order valence-electron chi connectivity index (χ0n) is 28.7. The van der Waals surface area contributed by atoms with Gasteiger partial charge < -0.3 is 31.9 Å².